The number of nitrogens with zero attached hydrogens (tertiary/aromatic N) is 1. The molecule has 1 N–H and O–H groups in total. The maximum absolute atomic E-state index is 13.5. The molecule has 0 aliphatic rings. The number of nitrogens with one attached hydrogen (secondary N) is 1. The van der Waals surface area contributed by atoms with E-state index in [9.17, 15) is 4.39 Å². The van der Waals surface area contributed by atoms with E-state index in [4.69, 9.17) is 16.3 Å². The molecule has 5 heteroatoms. The second-order valence-corrected chi connectivity index (χ2v) is 4.42. The number of hydrogen-bond acceptors (Lipinski definition) is 3. The van der Waals surface area contributed by atoms with Crippen LogP contribution in [0.3, 0.4) is 0 Å². The molecule has 0 atom stereocenters. The first-order chi connectivity index (χ1) is 9.19. The van der Waals surface area contributed by atoms with Crippen LogP contribution in [0.4, 0.5) is 15.9 Å². The smallest absolute Gasteiger partial charge is 0.167 e. The molecule has 0 fully saturated rings. The van der Waals surface area contributed by atoms with Crippen molar-refractivity contribution >= 4 is 23.1 Å². The Morgan fingerprint density at radius 1 is 1.32 bits per heavy atom. The molecule has 1 aromatic carbocycles. The van der Waals surface area contributed by atoms with E-state index < -0.39 is 5.82 Å². The topological polar surface area (TPSA) is 34.1 Å². The van der Waals surface area contributed by atoms with Gasteiger partial charge in [0.15, 0.2) is 11.6 Å². The second kappa shape index (κ2) is 6.38. The second-order valence-electron chi connectivity index (χ2n) is 3.98. The van der Waals surface area contributed by atoms with Crippen LogP contribution in [0.2, 0.25) is 5.02 Å². The maximum atomic E-state index is 13.5. The third kappa shape index (κ3) is 3.83. The van der Waals surface area contributed by atoms with E-state index in [1.807, 2.05) is 19.1 Å². The third-order valence-electron chi connectivity index (χ3n) is 2.40. The van der Waals surface area contributed by atoms with Gasteiger partial charge in [-0.3, -0.25) is 0 Å². The summed E-state index contributed by atoms with van der Waals surface area (Å²) in [6.07, 6.45) is 2.35. The van der Waals surface area contributed by atoms with Gasteiger partial charge < -0.3 is 10.1 Å². The summed E-state index contributed by atoms with van der Waals surface area (Å²) in [7, 11) is 0. The SMILES string of the molecule is CCCOc1ccc(Nc2ncc(Cl)cc2F)cc1. The zero-order valence-electron chi connectivity index (χ0n) is 10.5. The van der Waals surface area contributed by atoms with E-state index in [1.165, 1.54) is 12.3 Å². The fourth-order valence-corrected chi connectivity index (χ4v) is 1.64. The molecule has 0 amide bonds. The molecule has 0 saturated heterocycles. The van der Waals surface area contributed by atoms with E-state index in [1.54, 1.807) is 12.1 Å². The van der Waals surface area contributed by atoms with Crippen molar-refractivity contribution in [2.45, 2.75) is 13.3 Å². The summed E-state index contributed by atoms with van der Waals surface area (Å²) in [5, 5.41) is 3.15. The highest BCUT2D eigenvalue weighted by Crippen LogP contribution is 2.22. The van der Waals surface area contributed by atoms with Crippen molar-refractivity contribution in [1.82, 2.24) is 4.98 Å². The minimum Gasteiger partial charge on any atom is -0.494 e. The fraction of sp³-hybridized carbons (Fsp3) is 0.214. The Labute approximate surface area is 116 Å². The lowest BCUT2D eigenvalue weighted by Gasteiger charge is -2.08. The van der Waals surface area contributed by atoms with Crippen LogP contribution in [0.15, 0.2) is 36.5 Å². The van der Waals surface area contributed by atoms with Gasteiger partial charge in [-0.15, -0.1) is 0 Å². The van der Waals surface area contributed by atoms with Crippen molar-refractivity contribution in [2.75, 3.05) is 11.9 Å². The van der Waals surface area contributed by atoms with Crippen molar-refractivity contribution in [3.05, 3.63) is 47.4 Å². The molecule has 1 aromatic heterocycles. The first kappa shape index (κ1) is 13.6. The molecule has 2 aromatic rings. The molecular formula is C14H14ClFN2O. The number of ether oxygens (including phenoxy) is 1. The minimum atomic E-state index is -0.487. The van der Waals surface area contributed by atoms with Gasteiger partial charge in [-0.05, 0) is 36.8 Å². The molecule has 0 aliphatic heterocycles. The standard InChI is InChI=1S/C14H14ClFN2O/c1-2-7-19-12-5-3-11(4-6-12)18-14-13(16)8-10(15)9-17-14/h3-6,8-9H,2,7H2,1H3,(H,17,18). The van der Waals surface area contributed by atoms with E-state index in [0.29, 0.717) is 6.61 Å². The quantitative estimate of drug-likeness (QED) is 0.881. The summed E-state index contributed by atoms with van der Waals surface area (Å²) in [4.78, 5) is 3.90. The Balaban J connectivity index is 2.06. The lowest BCUT2D eigenvalue weighted by molar-refractivity contribution is 0.317. The summed E-state index contributed by atoms with van der Waals surface area (Å²) < 4.78 is 19.0. The van der Waals surface area contributed by atoms with E-state index in [-0.39, 0.29) is 10.8 Å². The van der Waals surface area contributed by atoms with Gasteiger partial charge in [0, 0.05) is 11.9 Å². The van der Waals surface area contributed by atoms with Crippen molar-refractivity contribution in [1.29, 1.82) is 0 Å². The maximum Gasteiger partial charge on any atom is 0.167 e. The van der Waals surface area contributed by atoms with Crippen LogP contribution in [-0.2, 0) is 0 Å². The molecule has 0 radical (unpaired) electrons. The summed E-state index contributed by atoms with van der Waals surface area (Å²) in [6, 6.07) is 8.48. The third-order valence-corrected chi connectivity index (χ3v) is 2.60. The van der Waals surface area contributed by atoms with E-state index in [2.05, 4.69) is 10.3 Å². The molecule has 0 bridgehead atoms. The first-order valence-corrected chi connectivity index (χ1v) is 6.38. The van der Waals surface area contributed by atoms with Gasteiger partial charge in [0.1, 0.15) is 5.75 Å². The normalized spacial score (nSPS) is 10.3. The monoisotopic (exact) mass is 280 g/mol. The summed E-state index contributed by atoms with van der Waals surface area (Å²) >= 11 is 5.64. The van der Waals surface area contributed by atoms with Crippen LogP contribution in [-0.4, -0.2) is 11.6 Å². The van der Waals surface area contributed by atoms with Crippen LogP contribution < -0.4 is 10.1 Å². The average Bonchev–Trinajstić information content (AvgIpc) is 2.41. The molecule has 0 saturated carbocycles. The van der Waals surface area contributed by atoms with Gasteiger partial charge in [-0.1, -0.05) is 18.5 Å². The van der Waals surface area contributed by atoms with Crippen molar-refractivity contribution in [2.24, 2.45) is 0 Å². The minimum absolute atomic E-state index is 0.145. The van der Waals surface area contributed by atoms with Gasteiger partial charge in [0.05, 0.1) is 11.6 Å². The van der Waals surface area contributed by atoms with Gasteiger partial charge in [-0.2, -0.15) is 0 Å². The van der Waals surface area contributed by atoms with Crippen molar-refractivity contribution < 1.29 is 9.13 Å². The Morgan fingerprint density at radius 2 is 2.05 bits per heavy atom. The zero-order valence-corrected chi connectivity index (χ0v) is 11.2. The van der Waals surface area contributed by atoms with Crippen LogP contribution >= 0.6 is 11.6 Å². The summed E-state index contributed by atoms with van der Waals surface area (Å²) in [5.74, 6) is 0.447. The highest BCUT2D eigenvalue weighted by Gasteiger charge is 2.05. The summed E-state index contributed by atoms with van der Waals surface area (Å²) in [5.41, 5.74) is 0.734. The molecular weight excluding hydrogens is 267 g/mol. The van der Waals surface area contributed by atoms with Gasteiger partial charge in [0.2, 0.25) is 0 Å². The van der Waals surface area contributed by atoms with Crippen LogP contribution in [0.1, 0.15) is 13.3 Å². The molecule has 1 heterocycles. The van der Waals surface area contributed by atoms with Crippen LogP contribution in [0.5, 0.6) is 5.75 Å². The lowest BCUT2D eigenvalue weighted by atomic mass is 10.3. The van der Waals surface area contributed by atoms with Crippen LogP contribution in [0, 0.1) is 5.82 Å². The summed E-state index contributed by atoms with van der Waals surface area (Å²) in [6.45, 7) is 2.73. The Kier molecular flexibility index (Phi) is 4.58. The Morgan fingerprint density at radius 3 is 2.68 bits per heavy atom. The average molecular weight is 281 g/mol. The molecule has 0 spiro atoms. The number of benzene rings is 1. The predicted octanol–water partition coefficient (Wildman–Crippen LogP) is 4.41. The number of aromatic nitrogens is 1. The first-order valence-electron chi connectivity index (χ1n) is 6.00. The highest BCUT2D eigenvalue weighted by atomic mass is 35.5. The van der Waals surface area contributed by atoms with Crippen LogP contribution in [0.25, 0.3) is 0 Å². The molecule has 19 heavy (non-hydrogen) atoms. The van der Waals surface area contributed by atoms with Gasteiger partial charge in [0.25, 0.3) is 0 Å². The number of rotatable bonds is 5. The number of hydrogen-bond donors (Lipinski definition) is 1. The highest BCUT2D eigenvalue weighted by molar-refractivity contribution is 6.30. The number of halogens is 2. The lowest BCUT2D eigenvalue weighted by Crippen LogP contribution is -1.98. The van der Waals surface area contributed by atoms with Gasteiger partial charge in [-0.25, -0.2) is 9.37 Å². The zero-order chi connectivity index (χ0) is 13.7. The predicted molar refractivity (Wildman–Crippen MR) is 74.7 cm³/mol. The largest absolute Gasteiger partial charge is 0.494 e. The molecule has 100 valence electrons. The molecule has 0 unspecified atom stereocenters. The molecule has 3 nitrogen and oxygen atoms in total. The number of pyridine rings is 1. The van der Waals surface area contributed by atoms with E-state index >= 15 is 0 Å². The van der Waals surface area contributed by atoms with E-state index in [0.717, 1.165) is 17.9 Å². The van der Waals surface area contributed by atoms with Gasteiger partial charge >= 0.3 is 0 Å². The number of anilines is 2. The Hall–Kier alpha value is -1.81. The fourth-order valence-electron chi connectivity index (χ4n) is 1.50. The molecule has 0 aliphatic carbocycles. The molecule has 2 rings (SSSR count). The van der Waals surface area contributed by atoms with Crippen molar-refractivity contribution in [3.8, 4) is 5.75 Å². The van der Waals surface area contributed by atoms with Crippen molar-refractivity contribution in [3.63, 3.8) is 0 Å². The Bertz CT molecular complexity index is 546.